The molecule has 1 aromatic rings. The molecule has 2 heterocycles. The second-order valence-corrected chi connectivity index (χ2v) is 6.95. The molecule has 0 spiro atoms. The summed E-state index contributed by atoms with van der Waals surface area (Å²) in [7, 11) is 1.61. The molecule has 0 bridgehead atoms. The van der Waals surface area contributed by atoms with E-state index in [-0.39, 0.29) is 30.4 Å². The minimum absolute atomic E-state index is 0.108. The highest BCUT2D eigenvalue weighted by molar-refractivity contribution is 6.01. The van der Waals surface area contributed by atoms with Crippen LogP contribution in [0.1, 0.15) is 42.9 Å². The van der Waals surface area contributed by atoms with Crippen molar-refractivity contribution in [2.75, 3.05) is 26.7 Å². The second-order valence-electron chi connectivity index (χ2n) is 6.95. The minimum Gasteiger partial charge on any atom is -0.336 e. The van der Waals surface area contributed by atoms with Crippen molar-refractivity contribution >= 4 is 17.8 Å². The monoisotopic (exact) mass is 343 g/mol. The number of nitrogens with zero attached hydrogens (tertiary/aromatic N) is 3. The van der Waals surface area contributed by atoms with Gasteiger partial charge < -0.3 is 9.80 Å². The molecule has 2 fully saturated rings. The summed E-state index contributed by atoms with van der Waals surface area (Å²) in [5.41, 5.74) is 2.39. The van der Waals surface area contributed by atoms with Crippen molar-refractivity contribution in [2.45, 2.75) is 38.6 Å². The molecule has 1 atom stereocenters. The van der Waals surface area contributed by atoms with Gasteiger partial charge in [-0.3, -0.25) is 14.5 Å². The number of likely N-dealkylation sites (N-methyl/N-ethyl adjacent to an activating group) is 1. The molecule has 2 aliphatic rings. The van der Waals surface area contributed by atoms with Crippen LogP contribution in [-0.4, -0.2) is 59.2 Å². The topological polar surface area (TPSA) is 60.9 Å². The Morgan fingerprint density at radius 2 is 2.08 bits per heavy atom. The van der Waals surface area contributed by atoms with Crippen LogP contribution in [0, 0.1) is 6.92 Å². The molecule has 0 N–H and O–H groups in total. The van der Waals surface area contributed by atoms with Crippen LogP contribution in [0.2, 0.25) is 0 Å². The van der Waals surface area contributed by atoms with E-state index in [1.54, 1.807) is 7.05 Å². The normalized spacial score (nSPS) is 20.7. The van der Waals surface area contributed by atoms with E-state index in [4.69, 9.17) is 0 Å². The first-order chi connectivity index (χ1) is 12.0. The molecule has 134 valence electrons. The molecule has 0 aliphatic carbocycles. The highest BCUT2D eigenvalue weighted by Crippen LogP contribution is 2.32. The molecular weight excluding hydrogens is 318 g/mol. The van der Waals surface area contributed by atoms with Crippen LogP contribution in [0.4, 0.5) is 4.79 Å². The molecule has 2 aliphatic heterocycles. The van der Waals surface area contributed by atoms with E-state index in [0.717, 1.165) is 19.4 Å². The lowest BCUT2D eigenvalue weighted by molar-refractivity contribution is -0.133. The van der Waals surface area contributed by atoms with E-state index in [9.17, 15) is 14.4 Å². The van der Waals surface area contributed by atoms with Crippen LogP contribution in [0.15, 0.2) is 24.3 Å². The Bertz CT molecular complexity index is 688. The summed E-state index contributed by atoms with van der Waals surface area (Å²) < 4.78 is 0. The van der Waals surface area contributed by atoms with E-state index >= 15 is 0 Å². The van der Waals surface area contributed by atoms with Crippen LogP contribution in [0.25, 0.3) is 0 Å². The Labute approximate surface area is 148 Å². The number of carbonyl (C=O) groups excluding carboxylic acids is 3. The number of imide groups is 1. The van der Waals surface area contributed by atoms with Crippen molar-refractivity contribution in [1.29, 1.82) is 0 Å². The molecule has 0 aromatic heterocycles. The van der Waals surface area contributed by atoms with Gasteiger partial charge in [-0.15, -0.1) is 0 Å². The quantitative estimate of drug-likeness (QED) is 0.771. The maximum Gasteiger partial charge on any atom is 0.326 e. The Morgan fingerprint density at radius 3 is 2.76 bits per heavy atom. The van der Waals surface area contributed by atoms with Crippen LogP contribution >= 0.6 is 0 Å². The first kappa shape index (κ1) is 17.5. The molecule has 6 nitrogen and oxygen atoms in total. The highest BCUT2D eigenvalue weighted by atomic mass is 16.2. The van der Waals surface area contributed by atoms with E-state index in [1.807, 2.05) is 11.0 Å². The van der Waals surface area contributed by atoms with Gasteiger partial charge in [0.15, 0.2) is 0 Å². The van der Waals surface area contributed by atoms with Crippen LogP contribution in [0.3, 0.4) is 0 Å². The number of hydrogen-bond donors (Lipinski definition) is 0. The summed E-state index contributed by atoms with van der Waals surface area (Å²) in [6.45, 7) is 3.29. The highest BCUT2D eigenvalue weighted by Gasteiger charge is 2.34. The lowest BCUT2D eigenvalue weighted by Crippen LogP contribution is -2.34. The summed E-state index contributed by atoms with van der Waals surface area (Å²) in [6.07, 6.45) is 2.88. The van der Waals surface area contributed by atoms with E-state index < -0.39 is 0 Å². The van der Waals surface area contributed by atoms with Crippen LogP contribution in [0.5, 0.6) is 0 Å². The third kappa shape index (κ3) is 3.67. The standard InChI is InChI=1S/C19H25N3O3/c1-14-6-3-7-15(12-14)16-8-4-10-21(16)17(23)9-5-11-22-18(24)13-20(2)19(22)25/h3,6-7,12,16H,4-5,8-11,13H2,1-2H3. The van der Waals surface area contributed by atoms with Crippen LogP contribution < -0.4 is 0 Å². The molecule has 6 heteroatoms. The Kier molecular flexibility index (Phi) is 5.06. The maximum absolute atomic E-state index is 12.6. The van der Waals surface area contributed by atoms with Crippen molar-refractivity contribution in [3.63, 3.8) is 0 Å². The lowest BCUT2D eigenvalue weighted by atomic mass is 10.0. The van der Waals surface area contributed by atoms with Crippen molar-refractivity contribution in [3.8, 4) is 0 Å². The van der Waals surface area contributed by atoms with E-state index in [1.165, 1.54) is 20.9 Å². The molecule has 0 radical (unpaired) electrons. The van der Waals surface area contributed by atoms with Gasteiger partial charge in [-0.05, 0) is 31.7 Å². The van der Waals surface area contributed by atoms with Crippen molar-refractivity contribution in [1.82, 2.24) is 14.7 Å². The SMILES string of the molecule is Cc1cccc(C2CCCN2C(=O)CCCN2C(=O)CN(C)C2=O)c1. The summed E-state index contributed by atoms with van der Waals surface area (Å²) >= 11 is 0. The minimum atomic E-state index is -0.267. The number of carbonyl (C=O) groups is 3. The molecule has 3 rings (SSSR count). The number of aryl methyl sites for hydroxylation is 1. The van der Waals surface area contributed by atoms with Crippen molar-refractivity contribution < 1.29 is 14.4 Å². The van der Waals surface area contributed by atoms with Gasteiger partial charge in [-0.2, -0.15) is 0 Å². The molecule has 2 saturated heterocycles. The van der Waals surface area contributed by atoms with Gasteiger partial charge in [0.05, 0.1) is 6.04 Å². The largest absolute Gasteiger partial charge is 0.336 e. The zero-order valence-corrected chi connectivity index (χ0v) is 14.9. The number of benzene rings is 1. The van der Waals surface area contributed by atoms with Gasteiger partial charge in [0, 0.05) is 26.6 Å². The zero-order valence-electron chi connectivity index (χ0n) is 14.9. The first-order valence-electron chi connectivity index (χ1n) is 8.89. The number of urea groups is 1. The average Bonchev–Trinajstić information content (AvgIpc) is 3.15. The molecule has 1 unspecified atom stereocenters. The lowest BCUT2D eigenvalue weighted by Gasteiger charge is -2.26. The van der Waals surface area contributed by atoms with E-state index in [0.29, 0.717) is 19.4 Å². The fourth-order valence-electron chi connectivity index (χ4n) is 3.71. The smallest absolute Gasteiger partial charge is 0.326 e. The Balaban J connectivity index is 1.56. The van der Waals surface area contributed by atoms with Gasteiger partial charge in [0.1, 0.15) is 6.54 Å². The summed E-state index contributed by atoms with van der Waals surface area (Å²) in [6, 6.07) is 8.21. The predicted molar refractivity (Wildman–Crippen MR) is 93.8 cm³/mol. The Hall–Kier alpha value is -2.37. The number of hydrogen-bond acceptors (Lipinski definition) is 3. The fraction of sp³-hybridized carbons (Fsp3) is 0.526. The van der Waals surface area contributed by atoms with Crippen molar-refractivity contribution in [3.05, 3.63) is 35.4 Å². The third-order valence-electron chi connectivity index (χ3n) is 5.00. The molecule has 0 saturated carbocycles. The summed E-state index contributed by atoms with van der Waals surface area (Å²) in [4.78, 5) is 40.9. The zero-order chi connectivity index (χ0) is 18.0. The van der Waals surface area contributed by atoms with Crippen molar-refractivity contribution in [2.24, 2.45) is 0 Å². The number of rotatable bonds is 5. The van der Waals surface area contributed by atoms with Gasteiger partial charge in [-0.25, -0.2) is 4.79 Å². The number of amides is 4. The maximum atomic E-state index is 12.6. The van der Waals surface area contributed by atoms with Gasteiger partial charge in [-0.1, -0.05) is 29.8 Å². The van der Waals surface area contributed by atoms with Crippen LogP contribution in [-0.2, 0) is 9.59 Å². The van der Waals surface area contributed by atoms with Gasteiger partial charge in [0.2, 0.25) is 11.8 Å². The molecular formula is C19H25N3O3. The van der Waals surface area contributed by atoms with Gasteiger partial charge >= 0.3 is 6.03 Å². The predicted octanol–water partition coefficient (Wildman–Crippen LogP) is 2.33. The fourth-order valence-corrected chi connectivity index (χ4v) is 3.71. The Morgan fingerprint density at radius 1 is 1.28 bits per heavy atom. The van der Waals surface area contributed by atoms with Gasteiger partial charge in [0.25, 0.3) is 0 Å². The molecule has 4 amide bonds. The first-order valence-corrected chi connectivity index (χ1v) is 8.89. The summed E-state index contributed by atoms with van der Waals surface area (Å²) in [5, 5.41) is 0. The second kappa shape index (κ2) is 7.25. The molecule has 25 heavy (non-hydrogen) atoms. The molecule has 1 aromatic carbocycles. The summed E-state index contributed by atoms with van der Waals surface area (Å²) in [5.74, 6) is -0.0739. The number of likely N-dealkylation sites (tertiary alicyclic amines) is 1. The van der Waals surface area contributed by atoms with E-state index in [2.05, 4.69) is 25.1 Å². The third-order valence-corrected chi connectivity index (χ3v) is 5.00. The average molecular weight is 343 g/mol.